The standard InChI is InChI=1S/C57H64N6O11/c1-6-25-61(5)51(64)22-15-34(2)46-20-21-47-52-48(33-50(57(46,47)4)74-55(67)59-41-19-17-36-12-8-10-14-38(36)27-41)56(3)24-23-45(72-53(65)58-40-18-16-35-11-7-9-13-37(35)26-40)28-39(56)29-49(52)73-54(66)60-42-30-43(62(68)69)32-44(31-42)63(70)71/h6-14,16-19,26-27,30-32,34,39,45-50,52H,1,15,20-25,28-29,33H2,2-5H3,(H,58,65)(H,59,67)(H,60,66)/t34-,39?,45-,46-,47+,48+,49-,50+,52+,56+,57-/m1/s1. The van der Waals surface area contributed by atoms with Gasteiger partial charge < -0.3 is 19.1 Å². The molecule has 388 valence electrons. The minimum absolute atomic E-state index is 0.0000969. The van der Waals surface area contributed by atoms with Gasteiger partial charge in [-0.1, -0.05) is 87.5 Å². The number of nitrogens with zero attached hydrogens (tertiary/aromatic N) is 3. The number of nitrogens with one attached hydrogen (secondary N) is 3. The van der Waals surface area contributed by atoms with E-state index in [4.69, 9.17) is 14.2 Å². The molecule has 74 heavy (non-hydrogen) atoms. The first-order valence-corrected chi connectivity index (χ1v) is 25.6. The second kappa shape index (κ2) is 21.1. The number of ether oxygens (including phenoxy) is 3. The highest BCUT2D eigenvalue weighted by atomic mass is 16.6. The summed E-state index contributed by atoms with van der Waals surface area (Å²) < 4.78 is 19.4. The van der Waals surface area contributed by atoms with Crippen LogP contribution in [0.5, 0.6) is 0 Å². The molecule has 4 aliphatic carbocycles. The molecular weight excluding hydrogens is 945 g/mol. The van der Waals surface area contributed by atoms with E-state index in [1.165, 1.54) is 0 Å². The van der Waals surface area contributed by atoms with Crippen molar-refractivity contribution in [3.05, 3.63) is 136 Å². The number of hydrogen-bond acceptors (Lipinski definition) is 11. The van der Waals surface area contributed by atoms with Crippen LogP contribution in [0.15, 0.2) is 116 Å². The van der Waals surface area contributed by atoms with Gasteiger partial charge in [-0.15, -0.1) is 6.58 Å². The van der Waals surface area contributed by atoms with Crippen LogP contribution in [0.3, 0.4) is 0 Å². The van der Waals surface area contributed by atoms with E-state index in [0.717, 1.165) is 52.6 Å². The lowest BCUT2D eigenvalue weighted by molar-refractivity contribution is -0.394. The first-order valence-electron chi connectivity index (χ1n) is 25.6. The van der Waals surface area contributed by atoms with Gasteiger partial charge >= 0.3 is 18.3 Å². The van der Waals surface area contributed by atoms with Crippen molar-refractivity contribution in [2.45, 2.75) is 96.9 Å². The van der Waals surface area contributed by atoms with Crippen molar-refractivity contribution in [1.82, 2.24) is 4.90 Å². The van der Waals surface area contributed by atoms with E-state index in [1.807, 2.05) is 84.9 Å². The van der Waals surface area contributed by atoms with E-state index in [9.17, 15) is 39.4 Å². The van der Waals surface area contributed by atoms with E-state index in [-0.39, 0.29) is 52.5 Å². The van der Waals surface area contributed by atoms with E-state index in [1.54, 1.807) is 18.0 Å². The van der Waals surface area contributed by atoms with Gasteiger partial charge in [-0.3, -0.25) is 41.0 Å². The number of benzene rings is 5. The molecule has 0 aromatic heterocycles. The molecule has 0 heterocycles. The zero-order valence-electron chi connectivity index (χ0n) is 42.2. The van der Waals surface area contributed by atoms with Gasteiger partial charge in [0.15, 0.2) is 0 Å². The Morgan fingerprint density at radius 1 is 0.716 bits per heavy atom. The van der Waals surface area contributed by atoms with E-state index in [0.29, 0.717) is 62.9 Å². The maximum absolute atomic E-state index is 14.3. The summed E-state index contributed by atoms with van der Waals surface area (Å²) in [4.78, 5) is 79.1. The zero-order valence-corrected chi connectivity index (χ0v) is 42.2. The van der Waals surface area contributed by atoms with Gasteiger partial charge in [0.25, 0.3) is 11.4 Å². The number of nitro benzene ring substituents is 2. The zero-order chi connectivity index (χ0) is 52.5. The molecular formula is C57H64N6O11. The summed E-state index contributed by atoms with van der Waals surface area (Å²) in [6.45, 7) is 10.8. The van der Waals surface area contributed by atoms with Crippen LogP contribution in [0, 0.1) is 66.6 Å². The van der Waals surface area contributed by atoms with Crippen molar-refractivity contribution >= 4 is 74.2 Å². The van der Waals surface area contributed by atoms with Crippen LogP contribution >= 0.6 is 0 Å². The third-order valence-corrected chi connectivity index (χ3v) is 17.4. The van der Waals surface area contributed by atoms with Crippen LogP contribution in [0.1, 0.15) is 78.6 Å². The number of non-ortho nitro benzene ring substituents is 2. The number of rotatable bonds is 14. The van der Waals surface area contributed by atoms with Crippen LogP contribution in [-0.4, -0.2) is 70.8 Å². The SMILES string of the molecule is C=CCN(C)C(=O)CC[C@@H](C)[C@H]1CC[C@H]2[C@@H]3[C@H](OC(=O)Nc4cc([N+](=O)[O-])cc([N+](=O)[O-])c4)CC4C[C@H](OC(=O)Nc5ccc6ccccc6c5)CC[C@]4(C)[C@H]3C[C@H](OC(=O)Nc3ccc4ccccc4c3)[C@]12C. The number of hydrogen-bond donors (Lipinski definition) is 3. The lowest BCUT2D eigenvalue weighted by Crippen LogP contribution is -2.63. The minimum Gasteiger partial charge on any atom is -0.446 e. The molecule has 5 aromatic carbocycles. The second-order valence-electron chi connectivity index (χ2n) is 21.5. The number of anilines is 3. The number of fused-ring (bicyclic) bond motifs is 7. The third-order valence-electron chi connectivity index (χ3n) is 17.4. The van der Waals surface area contributed by atoms with Gasteiger partial charge in [-0.25, -0.2) is 14.4 Å². The second-order valence-corrected chi connectivity index (χ2v) is 21.5. The summed E-state index contributed by atoms with van der Waals surface area (Å²) in [7, 11) is 1.76. The van der Waals surface area contributed by atoms with Crippen LogP contribution in [0.2, 0.25) is 0 Å². The Morgan fingerprint density at radius 3 is 1.88 bits per heavy atom. The fraction of sp³-hybridized carbons (Fsp3) is 0.439. The molecule has 0 radical (unpaired) electrons. The van der Waals surface area contributed by atoms with Crippen molar-refractivity contribution in [3.63, 3.8) is 0 Å². The molecule has 17 nitrogen and oxygen atoms in total. The van der Waals surface area contributed by atoms with E-state index in [2.05, 4.69) is 43.3 Å². The quantitative estimate of drug-likeness (QED) is 0.0411. The lowest BCUT2D eigenvalue weighted by atomic mass is 9.43. The Hall–Kier alpha value is -7.56. The largest absolute Gasteiger partial charge is 0.446 e. The topological polar surface area (TPSA) is 222 Å². The molecule has 0 aliphatic heterocycles. The normalized spacial score (nSPS) is 27.2. The summed E-state index contributed by atoms with van der Waals surface area (Å²) >= 11 is 0. The minimum atomic E-state index is -0.926. The van der Waals surface area contributed by atoms with Crippen LogP contribution in [0.4, 0.5) is 42.8 Å². The Kier molecular flexibility index (Phi) is 14.7. The Labute approximate surface area is 429 Å². The molecule has 0 saturated heterocycles. The van der Waals surface area contributed by atoms with Crippen LogP contribution in [-0.2, 0) is 19.0 Å². The molecule has 11 atom stereocenters. The molecule has 1 unspecified atom stereocenters. The molecule has 5 aromatic rings. The number of amides is 4. The predicted molar refractivity (Wildman–Crippen MR) is 282 cm³/mol. The predicted octanol–water partition coefficient (Wildman–Crippen LogP) is 12.9. The number of nitro groups is 2. The van der Waals surface area contributed by atoms with Gasteiger partial charge in [0.05, 0.1) is 21.6 Å². The number of likely N-dealkylation sites (N-methyl/N-ethyl adjacent to an activating group) is 1. The van der Waals surface area contributed by atoms with Gasteiger partial charge in [0.2, 0.25) is 5.91 Å². The smallest absolute Gasteiger partial charge is 0.411 e. The van der Waals surface area contributed by atoms with E-state index < -0.39 is 63.2 Å². The van der Waals surface area contributed by atoms with Gasteiger partial charge in [0.1, 0.15) is 18.3 Å². The fourth-order valence-corrected chi connectivity index (χ4v) is 13.8. The van der Waals surface area contributed by atoms with Crippen molar-refractivity contribution in [1.29, 1.82) is 0 Å². The van der Waals surface area contributed by atoms with Crippen LogP contribution in [0.25, 0.3) is 21.5 Å². The first kappa shape index (κ1) is 51.3. The van der Waals surface area contributed by atoms with Crippen molar-refractivity contribution < 1.29 is 43.2 Å². The van der Waals surface area contributed by atoms with Gasteiger partial charge in [-0.05, 0) is 132 Å². The lowest BCUT2D eigenvalue weighted by Gasteiger charge is -2.64. The molecule has 4 saturated carbocycles. The molecule has 3 N–H and O–H groups in total. The number of carbonyl (C=O) groups excluding carboxylic acids is 4. The van der Waals surface area contributed by atoms with E-state index >= 15 is 0 Å². The Bertz CT molecular complexity index is 2970. The average molecular weight is 1010 g/mol. The molecule has 4 fully saturated rings. The Morgan fingerprint density at radius 2 is 1.28 bits per heavy atom. The molecule has 0 bridgehead atoms. The number of carbonyl (C=O) groups is 4. The maximum atomic E-state index is 14.3. The summed E-state index contributed by atoms with van der Waals surface area (Å²) in [5, 5.41) is 36.1. The van der Waals surface area contributed by atoms with Crippen molar-refractivity contribution in [2.75, 3.05) is 29.5 Å². The molecule has 0 spiro atoms. The summed E-state index contributed by atoms with van der Waals surface area (Å²) in [5.41, 5.74) is -1.16. The van der Waals surface area contributed by atoms with Crippen molar-refractivity contribution in [2.24, 2.45) is 46.3 Å². The first-order chi connectivity index (χ1) is 35.4. The highest BCUT2D eigenvalue weighted by Crippen LogP contribution is 2.69. The van der Waals surface area contributed by atoms with Gasteiger partial charge in [0, 0.05) is 54.9 Å². The molecule has 4 aliphatic rings. The van der Waals surface area contributed by atoms with Crippen molar-refractivity contribution in [3.8, 4) is 0 Å². The maximum Gasteiger partial charge on any atom is 0.411 e. The third kappa shape index (κ3) is 10.5. The van der Waals surface area contributed by atoms with Crippen LogP contribution < -0.4 is 16.0 Å². The summed E-state index contributed by atoms with van der Waals surface area (Å²) in [6.07, 6.45) is 2.77. The highest BCUT2D eigenvalue weighted by molar-refractivity contribution is 5.92. The summed E-state index contributed by atoms with van der Waals surface area (Å²) in [5.74, 6) is -0.648. The molecule has 9 rings (SSSR count). The van der Waals surface area contributed by atoms with Gasteiger partial charge in [-0.2, -0.15) is 0 Å². The Balaban J connectivity index is 1.03. The fourth-order valence-electron chi connectivity index (χ4n) is 13.8. The average Bonchev–Trinajstić information content (AvgIpc) is 3.73. The highest BCUT2D eigenvalue weighted by Gasteiger charge is 2.68. The monoisotopic (exact) mass is 1010 g/mol. The molecule has 17 heteroatoms. The molecule has 4 amide bonds. The summed E-state index contributed by atoms with van der Waals surface area (Å²) in [6, 6.07) is 30.0.